The van der Waals surface area contributed by atoms with Gasteiger partial charge in [-0.05, 0) is 31.2 Å². The highest BCUT2D eigenvalue weighted by Crippen LogP contribution is 2.58. The number of hydrogen-bond acceptors (Lipinski definition) is 6. The van der Waals surface area contributed by atoms with Gasteiger partial charge in [0.1, 0.15) is 5.41 Å². The lowest BCUT2D eigenvalue weighted by Gasteiger charge is -2.44. The molecule has 0 amide bonds. The van der Waals surface area contributed by atoms with Crippen molar-refractivity contribution in [1.82, 2.24) is 4.90 Å². The highest BCUT2D eigenvalue weighted by Gasteiger charge is 2.76. The summed E-state index contributed by atoms with van der Waals surface area (Å²) in [6, 6.07) is 12.8. The first-order valence-corrected chi connectivity index (χ1v) is 9.62. The molecule has 2 aromatic rings. The number of carbonyl (C=O) groups excluding carboxylic acids is 3. The Kier molecular flexibility index (Phi) is 4.61. The molecule has 0 radical (unpaired) electrons. The second-order valence-electron chi connectivity index (χ2n) is 7.50. The van der Waals surface area contributed by atoms with Crippen molar-refractivity contribution >= 4 is 29.1 Å². The van der Waals surface area contributed by atoms with Gasteiger partial charge in [-0.1, -0.05) is 48.0 Å². The summed E-state index contributed by atoms with van der Waals surface area (Å²) in [6.07, 6.45) is -1.36. The summed E-state index contributed by atoms with van der Waals surface area (Å²) < 4.78 is 5.08. The minimum atomic E-state index is -1.87. The molecule has 2 aromatic carbocycles. The van der Waals surface area contributed by atoms with E-state index >= 15 is 0 Å². The van der Waals surface area contributed by atoms with Crippen LogP contribution >= 0.6 is 11.6 Å². The molecule has 1 N–H and O–H groups in total. The maximum absolute atomic E-state index is 13.7. The Bertz CT molecular complexity index is 983. The third kappa shape index (κ3) is 2.34. The van der Waals surface area contributed by atoms with Gasteiger partial charge in [-0.2, -0.15) is 0 Å². The first-order valence-electron chi connectivity index (χ1n) is 9.24. The number of rotatable bonds is 3. The fourth-order valence-electron chi connectivity index (χ4n) is 4.96. The van der Waals surface area contributed by atoms with E-state index < -0.39 is 34.6 Å². The lowest BCUT2D eigenvalue weighted by atomic mass is 9.62. The quantitative estimate of drug-likeness (QED) is 0.615. The number of carbonyl (C=O) groups is 3. The molecule has 0 saturated carbocycles. The van der Waals surface area contributed by atoms with Crippen LogP contribution in [0.1, 0.15) is 38.8 Å². The van der Waals surface area contributed by atoms with E-state index in [1.54, 1.807) is 60.5 Å². The van der Waals surface area contributed by atoms with Crippen LogP contribution in [0.4, 0.5) is 0 Å². The standard InChI is InChI=1S/C22H20ClNO5/c1-24-12-11-21(20(28)29-2,17(25)13-7-9-14(23)10-8-13)22(24)18(26)15-5-3-4-6-16(15)19(22)27/h3-10,17,25H,11-12H2,1-2H3. The average Bonchev–Trinajstić information content (AvgIpc) is 3.17. The Morgan fingerprint density at radius 3 is 2.17 bits per heavy atom. The molecule has 1 aliphatic carbocycles. The van der Waals surface area contributed by atoms with E-state index in [-0.39, 0.29) is 24.1 Å². The Balaban J connectivity index is 1.99. The van der Waals surface area contributed by atoms with Crippen LogP contribution < -0.4 is 0 Å². The SMILES string of the molecule is COC(=O)C1(C(O)c2ccc(Cl)cc2)CCN(C)C12C(=O)c1ccccc1C2=O. The van der Waals surface area contributed by atoms with Gasteiger partial charge in [-0.25, -0.2) is 0 Å². The molecular weight excluding hydrogens is 394 g/mol. The molecule has 2 aliphatic rings. The predicted octanol–water partition coefficient (Wildman–Crippen LogP) is 2.69. The molecule has 1 spiro atoms. The molecule has 2 unspecified atom stereocenters. The van der Waals surface area contributed by atoms with Gasteiger partial charge in [0.25, 0.3) is 0 Å². The van der Waals surface area contributed by atoms with Crippen molar-refractivity contribution in [2.45, 2.75) is 18.1 Å². The third-order valence-corrected chi connectivity index (χ3v) is 6.59. The average molecular weight is 414 g/mol. The number of methoxy groups -OCH3 is 1. The summed E-state index contributed by atoms with van der Waals surface area (Å²) in [7, 11) is 2.82. The van der Waals surface area contributed by atoms with Crippen LogP contribution in [0, 0.1) is 5.41 Å². The second kappa shape index (κ2) is 6.76. The van der Waals surface area contributed by atoms with E-state index in [1.807, 2.05) is 0 Å². The van der Waals surface area contributed by atoms with Crippen LogP contribution in [-0.2, 0) is 9.53 Å². The molecule has 1 aliphatic heterocycles. The van der Waals surface area contributed by atoms with Crippen LogP contribution in [-0.4, -0.2) is 53.8 Å². The fourth-order valence-corrected chi connectivity index (χ4v) is 5.09. The fraction of sp³-hybridized carbons (Fsp3) is 0.318. The monoisotopic (exact) mass is 413 g/mol. The van der Waals surface area contributed by atoms with E-state index in [0.717, 1.165) is 0 Å². The number of likely N-dealkylation sites (tertiary alicyclic amines) is 1. The molecule has 150 valence electrons. The Labute approximate surface area is 173 Å². The molecule has 1 saturated heterocycles. The maximum Gasteiger partial charge on any atom is 0.317 e. The van der Waals surface area contributed by atoms with Gasteiger partial charge in [0, 0.05) is 22.7 Å². The summed E-state index contributed by atoms with van der Waals surface area (Å²) in [5.41, 5.74) is -2.78. The summed E-state index contributed by atoms with van der Waals surface area (Å²) >= 11 is 5.96. The van der Waals surface area contributed by atoms with Gasteiger partial charge in [-0.3, -0.25) is 19.3 Å². The second-order valence-corrected chi connectivity index (χ2v) is 7.94. The first kappa shape index (κ1) is 19.8. The molecule has 6 nitrogen and oxygen atoms in total. The number of likely N-dealkylation sites (N-methyl/N-ethyl adjacent to an activating group) is 1. The lowest BCUT2D eigenvalue weighted by molar-refractivity contribution is -0.165. The van der Waals surface area contributed by atoms with Gasteiger partial charge in [0.2, 0.25) is 0 Å². The van der Waals surface area contributed by atoms with Crippen LogP contribution in [0.2, 0.25) is 5.02 Å². The van der Waals surface area contributed by atoms with Crippen LogP contribution in [0.15, 0.2) is 48.5 Å². The highest BCUT2D eigenvalue weighted by molar-refractivity contribution is 6.35. The van der Waals surface area contributed by atoms with Crippen molar-refractivity contribution in [3.63, 3.8) is 0 Å². The highest BCUT2D eigenvalue weighted by atomic mass is 35.5. The number of nitrogens with zero attached hydrogens (tertiary/aromatic N) is 1. The molecule has 7 heteroatoms. The Morgan fingerprint density at radius 2 is 1.66 bits per heavy atom. The number of benzene rings is 2. The van der Waals surface area contributed by atoms with Gasteiger partial charge in [0.15, 0.2) is 17.1 Å². The topological polar surface area (TPSA) is 83.9 Å². The van der Waals surface area contributed by atoms with Crippen molar-refractivity contribution in [1.29, 1.82) is 0 Å². The number of fused-ring (bicyclic) bond motifs is 1. The summed E-state index contributed by atoms with van der Waals surface area (Å²) in [5, 5.41) is 11.9. The third-order valence-electron chi connectivity index (χ3n) is 6.34. The minimum Gasteiger partial charge on any atom is -0.468 e. The number of Topliss-reactive ketones (excluding diaryl/α,β-unsaturated/α-hetero) is 2. The first-order chi connectivity index (χ1) is 13.8. The number of halogens is 1. The number of hydrogen-bond donors (Lipinski definition) is 1. The van der Waals surface area contributed by atoms with Crippen molar-refractivity contribution < 1.29 is 24.2 Å². The Morgan fingerprint density at radius 1 is 1.10 bits per heavy atom. The molecule has 0 bridgehead atoms. The van der Waals surface area contributed by atoms with Gasteiger partial charge < -0.3 is 9.84 Å². The number of aliphatic hydroxyl groups is 1. The minimum absolute atomic E-state index is 0.0887. The molecule has 4 rings (SSSR count). The molecule has 1 heterocycles. The van der Waals surface area contributed by atoms with Crippen molar-refractivity contribution in [2.24, 2.45) is 5.41 Å². The molecular formula is C22H20ClNO5. The maximum atomic E-state index is 13.7. The summed E-state index contributed by atoms with van der Waals surface area (Å²) in [6.45, 7) is 0.269. The normalized spacial score (nSPS) is 24.0. The molecule has 1 fully saturated rings. The number of esters is 1. The zero-order valence-electron chi connectivity index (χ0n) is 16.0. The predicted molar refractivity (Wildman–Crippen MR) is 106 cm³/mol. The zero-order chi connectivity index (χ0) is 21.0. The summed E-state index contributed by atoms with van der Waals surface area (Å²) in [4.78, 5) is 42.1. The van der Waals surface area contributed by atoms with E-state index in [9.17, 15) is 19.5 Å². The lowest BCUT2D eigenvalue weighted by Crippen LogP contribution is -2.65. The van der Waals surface area contributed by atoms with Crippen LogP contribution in [0.5, 0.6) is 0 Å². The smallest absolute Gasteiger partial charge is 0.317 e. The van der Waals surface area contributed by atoms with Crippen molar-refractivity contribution in [3.8, 4) is 0 Å². The van der Waals surface area contributed by atoms with E-state index in [4.69, 9.17) is 16.3 Å². The van der Waals surface area contributed by atoms with Gasteiger partial charge in [-0.15, -0.1) is 0 Å². The largest absolute Gasteiger partial charge is 0.468 e. The van der Waals surface area contributed by atoms with Gasteiger partial charge in [0.05, 0.1) is 13.2 Å². The van der Waals surface area contributed by atoms with Crippen LogP contribution in [0.25, 0.3) is 0 Å². The van der Waals surface area contributed by atoms with Crippen LogP contribution in [0.3, 0.4) is 0 Å². The number of ether oxygens (including phenoxy) is 1. The Hall–Kier alpha value is -2.54. The number of aliphatic hydroxyl groups excluding tert-OH is 1. The van der Waals surface area contributed by atoms with Crippen molar-refractivity contribution in [3.05, 3.63) is 70.2 Å². The molecule has 29 heavy (non-hydrogen) atoms. The van der Waals surface area contributed by atoms with Crippen molar-refractivity contribution in [2.75, 3.05) is 20.7 Å². The summed E-state index contributed by atoms with van der Waals surface area (Å²) in [5.74, 6) is -1.77. The van der Waals surface area contributed by atoms with E-state index in [0.29, 0.717) is 10.6 Å². The van der Waals surface area contributed by atoms with E-state index in [2.05, 4.69) is 0 Å². The molecule has 2 atom stereocenters. The zero-order valence-corrected chi connectivity index (χ0v) is 16.8. The molecule has 0 aromatic heterocycles. The van der Waals surface area contributed by atoms with Gasteiger partial charge >= 0.3 is 5.97 Å². The number of ketones is 2. The van der Waals surface area contributed by atoms with E-state index in [1.165, 1.54) is 7.11 Å².